The Balaban J connectivity index is 2.42. The normalized spacial score (nSPS) is 15.8. The highest BCUT2D eigenvalue weighted by Gasteiger charge is 2.31. The second-order valence-electron chi connectivity index (χ2n) is 5.58. The summed E-state index contributed by atoms with van der Waals surface area (Å²) in [6, 6.07) is 0.307. The molecule has 1 aliphatic rings. The van der Waals surface area contributed by atoms with Gasteiger partial charge in [-0.15, -0.1) is 0 Å². The van der Waals surface area contributed by atoms with Gasteiger partial charge in [0.1, 0.15) is 6.33 Å². The minimum atomic E-state index is -0.486. The molecule has 0 aromatic carbocycles. The van der Waals surface area contributed by atoms with Gasteiger partial charge in [-0.3, -0.25) is 10.1 Å². The van der Waals surface area contributed by atoms with E-state index in [1.165, 1.54) is 6.33 Å². The second kappa shape index (κ2) is 6.35. The Labute approximate surface area is 123 Å². The largest absolute Gasteiger partial charge is 0.348 e. The molecular formula is C13H19ClN4O2. The molecule has 0 saturated heterocycles. The highest BCUT2D eigenvalue weighted by Crippen LogP contribution is 2.36. The van der Waals surface area contributed by atoms with Crippen molar-refractivity contribution in [3.8, 4) is 0 Å². The molecule has 1 heterocycles. The molecule has 0 aliphatic heterocycles. The van der Waals surface area contributed by atoms with E-state index in [9.17, 15) is 10.1 Å². The Kier molecular flexibility index (Phi) is 4.75. The molecule has 0 unspecified atom stereocenters. The fourth-order valence-corrected chi connectivity index (χ4v) is 2.93. The first-order chi connectivity index (χ1) is 9.50. The maximum absolute atomic E-state index is 11.3. The molecule has 0 amide bonds. The van der Waals surface area contributed by atoms with Crippen molar-refractivity contribution < 1.29 is 4.92 Å². The van der Waals surface area contributed by atoms with Crippen molar-refractivity contribution in [2.24, 2.45) is 5.92 Å². The van der Waals surface area contributed by atoms with E-state index >= 15 is 0 Å². The summed E-state index contributed by atoms with van der Waals surface area (Å²) in [7, 11) is 0. The first-order valence-corrected chi connectivity index (χ1v) is 7.30. The maximum atomic E-state index is 11.3. The molecule has 0 radical (unpaired) electrons. The lowest BCUT2D eigenvalue weighted by molar-refractivity contribution is -0.384. The molecule has 1 aliphatic carbocycles. The number of halogens is 1. The third-order valence-electron chi connectivity index (χ3n) is 3.54. The SMILES string of the molecule is CC(C)CN(c1ncnc(Cl)c1[N+](=O)[O-])C1CCCC1. The molecular weight excluding hydrogens is 280 g/mol. The van der Waals surface area contributed by atoms with Gasteiger partial charge in [0.05, 0.1) is 4.92 Å². The molecule has 110 valence electrons. The predicted molar refractivity (Wildman–Crippen MR) is 78.1 cm³/mol. The van der Waals surface area contributed by atoms with Crippen molar-refractivity contribution in [2.75, 3.05) is 11.4 Å². The van der Waals surface area contributed by atoms with Crippen LogP contribution in [0.1, 0.15) is 39.5 Å². The summed E-state index contributed by atoms with van der Waals surface area (Å²) in [5.74, 6) is 0.750. The van der Waals surface area contributed by atoms with Crippen LogP contribution in [0.5, 0.6) is 0 Å². The van der Waals surface area contributed by atoms with E-state index in [1.807, 2.05) is 4.90 Å². The first-order valence-electron chi connectivity index (χ1n) is 6.92. The van der Waals surface area contributed by atoms with E-state index < -0.39 is 4.92 Å². The van der Waals surface area contributed by atoms with Gasteiger partial charge in [-0.05, 0) is 18.8 Å². The third-order valence-corrected chi connectivity index (χ3v) is 3.82. The molecule has 0 atom stereocenters. The van der Waals surface area contributed by atoms with E-state index in [0.717, 1.165) is 32.2 Å². The molecule has 0 bridgehead atoms. The quantitative estimate of drug-likeness (QED) is 0.473. The summed E-state index contributed by atoms with van der Waals surface area (Å²) < 4.78 is 0. The van der Waals surface area contributed by atoms with E-state index in [4.69, 9.17) is 11.6 Å². The number of nitrogens with zero attached hydrogens (tertiary/aromatic N) is 4. The lowest BCUT2D eigenvalue weighted by Gasteiger charge is -2.31. The van der Waals surface area contributed by atoms with Crippen LogP contribution >= 0.6 is 11.6 Å². The lowest BCUT2D eigenvalue weighted by Crippen LogP contribution is -2.37. The highest BCUT2D eigenvalue weighted by molar-refractivity contribution is 6.31. The van der Waals surface area contributed by atoms with Crippen LogP contribution in [0.4, 0.5) is 11.5 Å². The van der Waals surface area contributed by atoms with E-state index in [2.05, 4.69) is 23.8 Å². The molecule has 1 fully saturated rings. The van der Waals surface area contributed by atoms with Crippen LogP contribution < -0.4 is 4.90 Å². The van der Waals surface area contributed by atoms with Crippen molar-refractivity contribution >= 4 is 23.1 Å². The van der Waals surface area contributed by atoms with Crippen LogP contribution in [0.15, 0.2) is 6.33 Å². The predicted octanol–water partition coefficient (Wildman–Crippen LogP) is 3.44. The number of nitro groups is 1. The van der Waals surface area contributed by atoms with Gasteiger partial charge in [0.15, 0.2) is 0 Å². The highest BCUT2D eigenvalue weighted by atomic mass is 35.5. The van der Waals surface area contributed by atoms with Gasteiger partial charge in [-0.25, -0.2) is 9.97 Å². The van der Waals surface area contributed by atoms with Crippen LogP contribution in [-0.2, 0) is 0 Å². The number of aromatic nitrogens is 2. The van der Waals surface area contributed by atoms with Gasteiger partial charge >= 0.3 is 5.69 Å². The zero-order valence-electron chi connectivity index (χ0n) is 11.8. The van der Waals surface area contributed by atoms with Gasteiger partial charge in [-0.1, -0.05) is 38.3 Å². The third kappa shape index (κ3) is 3.17. The zero-order chi connectivity index (χ0) is 14.7. The van der Waals surface area contributed by atoms with E-state index in [0.29, 0.717) is 17.8 Å². The topological polar surface area (TPSA) is 72.2 Å². The summed E-state index contributed by atoms with van der Waals surface area (Å²) in [6.07, 6.45) is 5.71. The fraction of sp³-hybridized carbons (Fsp3) is 0.692. The first kappa shape index (κ1) is 15.0. The van der Waals surface area contributed by atoms with Gasteiger partial charge in [0.2, 0.25) is 11.0 Å². The molecule has 2 rings (SSSR count). The van der Waals surface area contributed by atoms with Gasteiger partial charge in [0.25, 0.3) is 0 Å². The molecule has 6 nitrogen and oxygen atoms in total. The molecule has 1 saturated carbocycles. The maximum Gasteiger partial charge on any atom is 0.348 e. The van der Waals surface area contributed by atoms with Crippen molar-refractivity contribution in [3.05, 3.63) is 21.6 Å². The lowest BCUT2D eigenvalue weighted by atomic mass is 10.1. The van der Waals surface area contributed by atoms with E-state index in [-0.39, 0.29) is 10.8 Å². The summed E-state index contributed by atoms with van der Waals surface area (Å²) in [5.41, 5.74) is -0.179. The Morgan fingerprint density at radius 1 is 1.45 bits per heavy atom. The standard InChI is InChI=1S/C13H19ClN4O2/c1-9(2)7-17(10-5-3-4-6-10)13-11(18(19)20)12(14)15-8-16-13/h8-10H,3-7H2,1-2H3. The van der Waals surface area contributed by atoms with Crippen LogP contribution in [0, 0.1) is 16.0 Å². The average Bonchev–Trinajstić information content (AvgIpc) is 2.88. The Morgan fingerprint density at radius 3 is 2.65 bits per heavy atom. The minimum absolute atomic E-state index is 0.0910. The van der Waals surface area contributed by atoms with Crippen LogP contribution in [0.3, 0.4) is 0 Å². The van der Waals surface area contributed by atoms with Gasteiger partial charge in [0, 0.05) is 12.6 Å². The Hall–Kier alpha value is -1.43. The molecule has 1 aromatic rings. The number of hydrogen-bond acceptors (Lipinski definition) is 5. The van der Waals surface area contributed by atoms with Gasteiger partial charge < -0.3 is 4.90 Å². The monoisotopic (exact) mass is 298 g/mol. The zero-order valence-corrected chi connectivity index (χ0v) is 12.5. The molecule has 0 N–H and O–H groups in total. The van der Waals surface area contributed by atoms with Crippen molar-refractivity contribution in [1.29, 1.82) is 0 Å². The smallest absolute Gasteiger partial charge is 0.348 e. The average molecular weight is 299 g/mol. The van der Waals surface area contributed by atoms with Crippen LogP contribution in [-0.4, -0.2) is 27.5 Å². The summed E-state index contributed by atoms with van der Waals surface area (Å²) in [6.45, 7) is 4.92. The Morgan fingerprint density at radius 2 is 2.10 bits per heavy atom. The molecule has 1 aromatic heterocycles. The van der Waals surface area contributed by atoms with Crippen molar-refractivity contribution in [2.45, 2.75) is 45.6 Å². The molecule has 0 spiro atoms. The van der Waals surface area contributed by atoms with Crippen molar-refractivity contribution in [1.82, 2.24) is 9.97 Å². The summed E-state index contributed by atoms with van der Waals surface area (Å²) >= 11 is 5.89. The van der Waals surface area contributed by atoms with Crippen LogP contribution in [0.25, 0.3) is 0 Å². The minimum Gasteiger partial charge on any atom is -0.348 e. The van der Waals surface area contributed by atoms with Crippen molar-refractivity contribution in [3.63, 3.8) is 0 Å². The summed E-state index contributed by atoms with van der Waals surface area (Å²) in [4.78, 5) is 20.7. The number of anilines is 1. The molecule has 20 heavy (non-hydrogen) atoms. The van der Waals surface area contributed by atoms with Gasteiger partial charge in [-0.2, -0.15) is 0 Å². The number of rotatable bonds is 5. The fourth-order valence-electron chi connectivity index (χ4n) is 2.73. The van der Waals surface area contributed by atoms with Crippen LogP contribution in [0.2, 0.25) is 5.15 Å². The second-order valence-corrected chi connectivity index (χ2v) is 5.94. The number of hydrogen-bond donors (Lipinski definition) is 0. The molecule has 7 heteroatoms. The Bertz CT molecular complexity index is 489. The summed E-state index contributed by atoms with van der Waals surface area (Å²) in [5, 5.41) is 11.2. The van der Waals surface area contributed by atoms with E-state index in [1.54, 1.807) is 0 Å².